The lowest BCUT2D eigenvalue weighted by atomic mass is 9.97. The molecule has 5 N–H and O–H groups in total. The third kappa shape index (κ3) is 9.45. The fourth-order valence-corrected chi connectivity index (χ4v) is 8.74. The second kappa shape index (κ2) is 19.3. The molecule has 2 saturated heterocycles. The van der Waals surface area contributed by atoms with Crippen LogP contribution < -0.4 is 26.2 Å². The summed E-state index contributed by atoms with van der Waals surface area (Å²) in [5, 5.41) is 22.8. The lowest BCUT2D eigenvalue weighted by Gasteiger charge is -2.38. The summed E-state index contributed by atoms with van der Waals surface area (Å²) < 4.78 is 0. The van der Waals surface area contributed by atoms with Crippen LogP contribution >= 0.6 is 11.6 Å². The van der Waals surface area contributed by atoms with Crippen molar-refractivity contribution in [2.45, 2.75) is 82.3 Å². The molecule has 3 aromatic rings. The number of nitrogens with one attached hydrogen (secondary N) is 4. The smallest absolute Gasteiger partial charge is 0.264 e. The third-order valence-corrected chi connectivity index (χ3v) is 12.1. The van der Waals surface area contributed by atoms with E-state index in [1.165, 1.54) is 6.33 Å². The molecule has 318 valence electrons. The van der Waals surface area contributed by atoms with Crippen molar-refractivity contribution in [3.63, 3.8) is 0 Å². The number of piperazine rings is 1. The van der Waals surface area contributed by atoms with E-state index in [2.05, 4.69) is 43.1 Å². The summed E-state index contributed by atoms with van der Waals surface area (Å²) in [7, 11) is 0. The molecule has 1 aromatic heterocycles. The van der Waals surface area contributed by atoms with E-state index in [9.17, 15) is 33.9 Å². The molecular weight excluding hydrogens is 790 g/mol. The fourth-order valence-electron chi connectivity index (χ4n) is 8.61. The van der Waals surface area contributed by atoms with Gasteiger partial charge in [0, 0.05) is 81.5 Å². The quantitative estimate of drug-likeness (QED) is 0.0982. The predicted octanol–water partition coefficient (Wildman–Crippen LogP) is 3.27. The lowest BCUT2D eigenvalue weighted by molar-refractivity contribution is -0.136. The molecule has 2 aromatic carbocycles. The van der Waals surface area contributed by atoms with Crippen LogP contribution in [0.1, 0.15) is 114 Å². The molecule has 0 radical (unpaired) electrons. The summed E-state index contributed by atoms with van der Waals surface area (Å²) in [6.45, 7) is 6.26. The van der Waals surface area contributed by atoms with Crippen LogP contribution in [-0.4, -0.2) is 119 Å². The van der Waals surface area contributed by atoms with Crippen LogP contribution in [-0.2, 0) is 19.2 Å². The molecule has 1 aliphatic carbocycles. The minimum absolute atomic E-state index is 0.00789. The molecule has 60 heavy (non-hydrogen) atoms. The number of unbranched alkanes of at least 4 members (excludes halogenated alkanes) is 3. The van der Waals surface area contributed by atoms with Crippen molar-refractivity contribution in [2.24, 2.45) is 0 Å². The van der Waals surface area contributed by atoms with Crippen molar-refractivity contribution in [1.29, 1.82) is 0 Å². The number of benzene rings is 2. The zero-order valence-electron chi connectivity index (χ0n) is 33.8. The number of carbonyl (C=O) groups is 6. The van der Waals surface area contributed by atoms with Gasteiger partial charge in [-0.1, -0.05) is 49.6 Å². The van der Waals surface area contributed by atoms with Gasteiger partial charge >= 0.3 is 0 Å². The molecule has 6 amide bonds. The summed E-state index contributed by atoms with van der Waals surface area (Å²) in [6, 6.07) is 11.3. The molecule has 4 aliphatic rings. The average Bonchev–Trinajstić information content (AvgIpc) is 3.68. The van der Waals surface area contributed by atoms with Crippen molar-refractivity contribution in [3.05, 3.63) is 81.8 Å². The molecule has 0 bridgehead atoms. The number of aliphatic hydroxyl groups is 1. The Balaban J connectivity index is 0.799. The molecule has 17 heteroatoms. The number of aliphatic hydroxyl groups excluding tert-OH is 1. The highest BCUT2D eigenvalue weighted by Gasteiger charge is 2.45. The Labute approximate surface area is 353 Å². The maximum atomic E-state index is 14.0. The van der Waals surface area contributed by atoms with Gasteiger partial charge in [0.15, 0.2) is 0 Å². The number of nitrogens with zero attached hydrogens (tertiary/aromatic N) is 5. The van der Waals surface area contributed by atoms with E-state index in [1.54, 1.807) is 30.3 Å². The Kier molecular flexibility index (Phi) is 13.7. The number of amides is 6. The van der Waals surface area contributed by atoms with Gasteiger partial charge in [-0.05, 0) is 61.4 Å². The zero-order valence-corrected chi connectivity index (χ0v) is 34.5. The van der Waals surface area contributed by atoms with Crippen LogP contribution in [0, 0.1) is 0 Å². The van der Waals surface area contributed by atoms with E-state index < -0.39 is 41.7 Å². The van der Waals surface area contributed by atoms with E-state index in [0.717, 1.165) is 47.5 Å². The first-order valence-corrected chi connectivity index (χ1v) is 21.3. The Morgan fingerprint density at radius 3 is 2.43 bits per heavy atom. The molecule has 7 rings (SSSR count). The first kappa shape index (κ1) is 42.7. The first-order valence-electron chi connectivity index (χ1n) is 20.9. The van der Waals surface area contributed by atoms with Gasteiger partial charge in [-0.15, -0.1) is 0 Å². The number of hydrogen-bond donors (Lipinski definition) is 5. The van der Waals surface area contributed by atoms with Crippen LogP contribution in [0.4, 0.5) is 11.5 Å². The van der Waals surface area contributed by atoms with Crippen molar-refractivity contribution >= 4 is 58.5 Å². The minimum Gasteiger partial charge on any atom is -0.387 e. The Hall–Kier alpha value is -5.45. The van der Waals surface area contributed by atoms with Gasteiger partial charge in [0.05, 0.1) is 28.8 Å². The summed E-state index contributed by atoms with van der Waals surface area (Å²) in [5.41, 5.74) is 3.56. The summed E-state index contributed by atoms with van der Waals surface area (Å²) in [4.78, 5) is 90.9. The van der Waals surface area contributed by atoms with Crippen molar-refractivity contribution in [1.82, 2.24) is 35.7 Å². The molecule has 4 heterocycles. The number of halogens is 1. The molecule has 2 fully saturated rings. The number of carbonyl (C=O) groups excluding carboxylic acids is 6. The minimum atomic E-state index is -1.01. The van der Waals surface area contributed by atoms with Crippen LogP contribution in [0.5, 0.6) is 0 Å². The fraction of sp³-hybridized carbons (Fsp3) is 0.488. The van der Waals surface area contributed by atoms with E-state index in [4.69, 9.17) is 11.6 Å². The van der Waals surface area contributed by atoms with Crippen LogP contribution in [0.25, 0.3) is 0 Å². The number of fused-ring (bicyclic) bond motifs is 2. The first-order chi connectivity index (χ1) is 29.0. The molecule has 16 nitrogen and oxygen atoms in total. The van der Waals surface area contributed by atoms with Crippen molar-refractivity contribution in [2.75, 3.05) is 62.6 Å². The van der Waals surface area contributed by atoms with Gasteiger partial charge in [-0.3, -0.25) is 39.0 Å². The molecule has 0 saturated carbocycles. The number of aromatic nitrogens is 2. The highest BCUT2D eigenvalue weighted by atomic mass is 35.5. The van der Waals surface area contributed by atoms with Gasteiger partial charge in [0.2, 0.25) is 23.6 Å². The predicted molar refractivity (Wildman–Crippen MR) is 224 cm³/mol. The normalized spacial score (nSPS) is 20.5. The lowest BCUT2D eigenvalue weighted by Crippen LogP contribution is -2.54. The van der Waals surface area contributed by atoms with Gasteiger partial charge in [-0.2, -0.15) is 0 Å². The Bertz CT molecular complexity index is 2110. The maximum Gasteiger partial charge on any atom is 0.264 e. The van der Waals surface area contributed by atoms with Gasteiger partial charge < -0.3 is 30.9 Å². The zero-order chi connectivity index (χ0) is 42.3. The maximum absolute atomic E-state index is 14.0. The SMILES string of the molecule is C[C@@H]1C[C@@H](O)c2ncnc(N3CCN(C(=O)[C@H](CNCCC(=O)NCCCCCCNc4cccc5c4C(=O)N(C4CCC(=O)NC4=O)C5=O)c4ccc(Cl)cc4)CC3)c21. The third-order valence-electron chi connectivity index (χ3n) is 11.8. The van der Waals surface area contributed by atoms with Crippen LogP contribution in [0.2, 0.25) is 5.02 Å². The number of imide groups is 2. The van der Waals surface area contributed by atoms with Gasteiger partial charge in [-0.25, -0.2) is 9.97 Å². The topological polar surface area (TPSA) is 206 Å². The van der Waals surface area contributed by atoms with Crippen molar-refractivity contribution < 1.29 is 33.9 Å². The summed E-state index contributed by atoms with van der Waals surface area (Å²) in [5.74, 6) is -1.66. The van der Waals surface area contributed by atoms with Crippen molar-refractivity contribution in [3.8, 4) is 0 Å². The van der Waals surface area contributed by atoms with E-state index in [0.29, 0.717) is 75.2 Å². The van der Waals surface area contributed by atoms with Crippen LogP contribution in [0.15, 0.2) is 48.8 Å². The van der Waals surface area contributed by atoms with Gasteiger partial charge in [0.1, 0.15) is 18.2 Å². The molecule has 4 atom stereocenters. The molecule has 3 aliphatic heterocycles. The number of hydrogen-bond acceptors (Lipinski definition) is 12. The summed E-state index contributed by atoms with van der Waals surface area (Å²) >= 11 is 6.18. The monoisotopic (exact) mass is 841 g/mol. The molecule has 0 spiro atoms. The highest BCUT2D eigenvalue weighted by molar-refractivity contribution is 6.30. The highest BCUT2D eigenvalue weighted by Crippen LogP contribution is 2.43. The number of rotatable bonds is 17. The molecule has 1 unspecified atom stereocenters. The van der Waals surface area contributed by atoms with Crippen LogP contribution in [0.3, 0.4) is 0 Å². The second-order valence-corrected chi connectivity index (χ2v) is 16.3. The number of anilines is 2. The molecular formula is C43H52ClN9O7. The number of piperidine rings is 1. The summed E-state index contributed by atoms with van der Waals surface area (Å²) in [6.07, 6.45) is 5.37. The van der Waals surface area contributed by atoms with E-state index in [-0.39, 0.29) is 48.1 Å². The second-order valence-electron chi connectivity index (χ2n) is 15.9. The Morgan fingerprint density at radius 2 is 1.68 bits per heavy atom. The average molecular weight is 842 g/mol. The van der Waals surface area contributed by atoms with E-state index in [1.807, 2.05) is 17.0 Å². The Morgan fingerprint density at radius 1 is 0.933 bits per heavy atom. The van der Waals surface area contributed by atoms with E-state index >= 15 is 0 Å². The standard InChI is InChI=1S/C43H52ClN9O7/c1-26-23-33(54)38-36(26)39(49-25-48-38)51-19-21-52(22-20-51)41(58)30(27-9-11-28(44)12-10-27)24-45-18-15-34(55)47-17-5-3-2-4-16-46-31-8-6-7-29-37(31)43(60)53(42(29)59)32-13-14-35(56)50-40(32)57/h6-12,25-26,30,32-33,45-46,54H,2-5,13-24H2,1H3,(H,47,55)(H,50,56,57)/t26-,30-,32?,33-/m1/s1. The van der Waals surface area contributed by atoms with Gasteiger partial charge in [0.25, 0.3) is 11.8 Å². The largest absolute Gasteiger partial charge is 0.387 e.